The normalized spacial score (nSPS) is 15.4. The van der Waals surface area contributed by atoms with Gasteiger partial charge in [-0.3, -0.25) is 9.36 Å². The molecular formula is C22H37N6O7P. The lowest BCUT2D eigenvalue weighted by molar-refractivity contribution is -0.155. The van der Waals surface area contributed by atoms with Gasteiger partial charge in [0.1, 0.15) is 23.7 Å². The maximum atomic E-state index is 13.8. The largest absolute Gasteiger partial charge is 0.464 e. The highest BCUT2D eigenvalue weighted by atomic mass is 31.2. The second kappa shape index (κ2) is 12.6. The van der Waals surface area contributed by atoms with Crippen molar-refractivity contribution >= 4 is 36.4 Å². The predicted octanol–water partition coefficient (Wildman–Crippen LogP) is 2.64. The number of ether oxygens (including phenoxy) is 3. The van der Waals surface area contributed by atoms with Gasteiger partial charge in [0.25, 0.3) is 7.52 Å². The fourth-order valence-electron chi connectivity index (χ4n) is 3.15. The summed E-state index contributed by atoms with van der Waals surface area (Å²) in [4.78, 5) is 37.2. The number of rotatable bonds is 14. The number of carbonyl (C=O) groups excluding carboxylic acids is 2. The van der Waals surface area contributed by atoms with E-state index < -0.39 is 43.6 Å². The second-order valence-electron chi connectivity index (χ2n) is 9.21. The van der Waals surface area contributed by atoms with Crippen LogP contribution in [-0.2, 0) is 39.4 Å². The van der Waals surface area contributed by atoms with Gasteiger partial charge in [0.05, 0.1) is 31.7 Å². The molecule has 0 aliphatic carbocycles. The molecule has 2 aromatic rings. The summed E-state index contributed by atoms with van der Waals surface area (Å²) in [7, 11) is -3.92. The number of nitrogens with zero attached hydrogens (tertiary/aromatic N) is 4. The first-order valence-corrected chi connectivity index (χ1v) is 13.6. The van der Waals surface area contributed by atoms with E-state index in [-0.39, 0.29) is 18.5 Å². The lowest BCUT2D eigenvalue weighted by Gasteiger charge is -2.31. The van der Waals surface area contributed by atoms with Crippen LogP contribution in [0.2, 0.25) is 0 Å². The number of nitrogen functional groups attached to an aromatic ring is 1. The van der Waals surface area contributed by atoms with Gasteiger partial charge in [0.15, 0.2) is 17.6 Å². The molecule has 36 heavy (non-hydrogen) atoms. The molecule has 0 saturated carbocycles. The molecule has 0 spiro atoms. The SMILES string of the molecule is CCCOC(=O)C(C)(C)N[P@@](=O)(CO[C@H](C)Cn1cnc2c(N)ncnc21)O[C@@H](C)C(=O)OC(C)C. The van der Waals surface area contributed by atoms with Crippen molar-refractivity contribution in [2.24, 2.45) is 0 Å². The Labute approximate surface area is 210 Å². The van der Waals surface area contributed by atoms with Crippen LogP contribution in [0.3, 0.4) is 0 Å². The Morgan fingerprint density at radius 3 is 2.53 bits per heavy atom. The third kappa shape index (κ3) is 8.22. The van der Waals surface area contributed by atoms with E-state index in [0.717, 1.165) is 0 Å². The number of aromatic nitrogens is 4. The van der Waals surface area contributed by atoms with Crippen LogP contribution in [0.1, 0.15) is 54.9 Å². The van der Waals surface area contributed by atoms with Gasteiger partial charge >= 0.3 is 11.9 Å². The van der Waals surface area contributed by atoms with E-state index in [1.165, 1.54) is 27.1 Å². The molecule has 0 bridgehead atoms. The molecule has 2 aromatic heterocycles. The fraction of sp³-hybridized carbons (Fsp3) is 0.682. The Kier molecular flexibility index (Phi) is 10.4. The molecule has 0 unspecified atom stereocenters. The molecule has 0 saturated heterocycles. The summed E-state index contributed by atoms with van der Waals surface area (Å²) in [6.07, 6.45) is 1.06. The molecule has 3 atom stereocenters. The first kappa shape index (κ1) is 29.6. The van der Waals surface area contributed by atoms with Crippen LogP contribution in [0.15, 0.2) is 12.7 Å². The minimum Gasteiger partial charge on any atom is -0.464 e. The van der Waals surface area contributed by atoms with Crippen LogP contribution in [-0.4, -0.2) is 68.3 Å². The number of nitrogens with one attached hydrogen (secondary N) is 1. The molecule has 13 nitrogen and oxygen atoms in total. The number of hydrogen-bond donors (Lipinski definition) is 2. The molecular weight excluding hydrogens is 491 g/mol. The molecule has 0 radical (unpaired) electrons. The van der Waals surface area contributed by atoms with Crippen LogP contribution in [0.25, 0.3) is 11.2 Å². The third-order valence-electron chi connectivity index (χ3n) is 4.82. The molecule has 2 heterocycles. The van der Waals surface area contributed by atoms with Crippen molar-refractivity contribution in [2.75, 3.05) is 18.7 Å². The van der Waals surface area contributed by atoms with E-state index in [1.54, 1.807) is 31.7 Å². The Morgan fingerprint density at radius 1 is 1.19 bits per heavy atom. The molecule has 3 N–H and O–H groups in total. The van der Waals surface area contributed by atoms with Crippen molar-refractivity contribution in [2.45, 2.75) is 85.3 Å². The van der Waals surface area contributed by atoms with Crippen molar-refractivity contribution in [1.29, 1.82) is 0 Å². The smallest absolute Gasteiger partial charge is 0.335 e. The highest BCUT2D eigenvalue weighted by Crippen LogP contribution is 2.46. The van der Waals surface area contributed by atoms with Crippen molar-refractivity contribution in [3.8, 4) is 0 Å². The van der Waals surface area contributed by atoms with E-state index in [2.05, 4.69) is 20.0 Å². The summed E-state index contributed by atoms with van der Waals surface area (Å²) >= 11 is 0. The van der Waals surface area contributed by atoms with Crippen LogP contribution < -0.4 is 10.8 Å². The summed E-state index contributed by atoms with van der Waals surface area (Å²) in [5.74, 6) is -1.04. The molecule has 0 fully saturated rings. The quantitative estimate of drug-likeness (QED) is 0.272. The molecule has 2 rings (SSSR count). The number of imidazole rings is 1. The van der Waals surface area contributed by atoms with Gasteiger partial charge in [-0.2, -0.15) is 0 Å². The topological polar surface area (TPSA) is 170 Å². The second-order valence-corrected chi connectivity index (χ2v) is 11.3. The molecule has 0 amide bonds. The van der Waals surface area contributed by atoms with Gasteiger partial charge in [-0.05, 0) is 48.0 Å². The van der Waals surface area contributed by atoms with Gasteiger partial charge in [-0.25, -0.2) is 24.8 Å². The van der Waals surface area contributed by atoms with Crippen LogP contribution in [0, 0.1) is 0 Å². The minimum absolute atomic E-state index is 0.215. The monoisotopic (exact) mass is 528 g/mol. The van der Waals surface area contributed by atoms with E-state index >= 15 is 0 Å². The predicted molar refractivity (Wildman–Crippen MR) is 133 cm³/mol. The summed E-state index contributed by atoms with van der Waals surface area (Å²) in [6.45, 7) is 12.0. The van der Waals surface area contributed by atoms with Crippen LogP contribution in [0.4, 0.5) is 5.82 Å². The molecule has 202 valence electrons. The van der Waals surface area contributed by atoms with Gasteiger partial charge in [-0.1, -0.05) is 6.92 Å². The summed E-state index contributed by atoms with van der Waals surface area (Å²) in [6, 6.07) is 0. The Morgan fingerprint density at radius 2 is 1.89 bits per heavy atom. The van der Waals surface area contributed by atoms with E-state index in [9.17, 15) is 14.2 Å². The zero-order chi connectivity index (χ0) is 27.1. The van der Waals surface area contributed by atoms with Crippen molar-refractivity contribution in [3.05, 3.63) is 12.7 Å². The van der Waals surface area contributed by atoms with E-state index in [0.29, 0.717) is 24.1 Å². The minimum atomic E-state index is -3.92. The number of carbonyl (C=O) groups is 2. The zero-order valence-corrected chi connectivity index (χ0v) is 22.8. The number of anilines is 1. The Balaban J connectivity index is 2.16. The van der Waals surface area contributed by atoms with E-state index in [1.807, 2.05) is 6.92 Å². The fourth-order valence-corrected chi connectivity index (χ4v) is 5.32. The van der Waals surface area contributed by atoms with E-state index in [4.69, 9.17) is 24.5 Å². The highest BCUT2D eigenvalue weighted by molar-refractivity contribution is 7.56. The number of hydrogen-bond acceptors (Lipinski definition) is 11. The molecule has 14 heteroatoms. The van der Waals surface area contributed by atoms with Gasteiger partial charge in [0.2, 0.25) is 0 Å². The number of fused-ring (bicyclic) bond motifs is 1. The summed E-state index contributed by atoms with van der Waals surface area (Å²) in [5.41, 5.74) is 5.45. The zero-order valence-electron chi connectivity index (χ0n) is 21.9. The van der Waals surface area contributed by atoms with Crippen molar-refractivity contribution in [1.82, 2.24) is 24.6 Å². The third-order valence-corrected chi connectivity index (χ3v) is 6.87. The van der Waals surface area contributed by atoms with Crippen molar-refractivity contribution < 1.29 is 32.9 Å². The standard InChI is InChI=1S/C22H37N6O7P/c1-8-9-32-21(30)22(6,7)27-36(31,35-16(5)20(29)34-14(2)3)13-33-15(4)10-28-12-26-17-18(23)24-11-25-19(17)28/h11-12,14-16H,8-10,13H2,1-7H3,(H,27,31)(H2,23,24,25)/t15-,16+,36-/m1/s1. The van der Waals surface area contributed by atoms with Gasteiger partial charge < -0.3 is 29.0 Å². The molecule has 0 aliphatic heterocycles. The van der Waals surface area contributed by atoms with Gasteiger partial charge in [-0.15, -0.1) is 0 Å². The lowest BCUT2D eigenvalue weighted by atomic mass is 10.1. The Hall–Kier alpha value is -2.60. The van der Waals surface area contributed by atoms with Crippen LogP contribution >= 0.6 is 7.52 Å². The highest BCUT2D eigenvalue weighted by Gasteiger charge is 2.40. The number of esters is 2. The maximum Gasteiger partial charge on any atom is 0.335 e. The molecule has 0 aliphatic rings. The summed E-state index contributed by atoms with van der Waals surface area (Å²) < 4.78 is 37.4. The molecule has 0 aromatic carbocycles. The first-order chi connectivity index (χ1) is 16.8. The number of nitrogens with two attached hydrogens (primary N) is 1. The maximum absolute atomic E-state index is 13.8. The van der Waals surface area contributed by atoms with Gasteiger partial charge in [0, 0.05) is 0 Å². The van der Waals surface area contributed by atoms with Crippen LogP contribution in [0.5, 0.6) is 0 Å². The first-order valence-electron chi connectivity index (χ1n) is 11.8. The van der Waals surface area contributed by atoms with Crippen molar-refractivity contribution in [3.63, 3.8) is 0 Å². The lowest BCUT2D eigenvalue weighted by Crippen LogP contribution is -2.47. The Bertz CT molecular complexity index is 1090. The average molecular weight is 529 g/mol. The average Bonchev–Trinajstić information content (AvgIpc) is 3.19. The summed E-state index contributed by atoms with van der Waals surface area (Å²) in [5, 5.41) is 2.74.